The van der Waals surface area contributed by atoms with E-state index in [1.807, 2.05) is 13.0 Å². The number of hydrogen-bond acceptors (Lipinski definition) is 0. The van der Waals surface area contributed by atoms with E-state index in [0.29, 0.717) is 0 Å². The minimum absolute atomic E-state index is 0.991. The molecule has 0 amide bonds. The zero-order valence-electron chi connectivity index (χ0n) is 3.46. The fourth-order valence-electron chi connectivity index (χ4n) is 0. The van der Waals surface area contributed by atoms with Crippen LogP contribution in [0.25, 0.3) is 0 Å². The smallest absolute Gasteiger partial charge is 0.0527 e. The van der Waals surface area contributed by atoms with Crippen molar-refractivity contribution in [2.45, 2.75) is 6.92 Å². The maximum atomic E-state index is 5.39. The van der Waals surface area contributed by atoms with Crippen molar-refractivity contribution in [3.05, 3.63) is 10.7 Å². The number of halogens is 1. The maximum Gasteiger partial charge on any atom is 0.0527 e. The molecule has 0 aliphatic rings. The van der Waals surface area contributed by atoms with Gasteiger partial charge in [0.15, 0.2) is 0 Å². The molecule has 0 saturated carbocycles. The predicted octanol–water partition coefficient (Wildman–Crippen LogP) is 0.452. The minimum Gasteiger partial charge on any atom is -0.0957 e. The molecule has 0 heterocycles. The lowest BCUT2D eigenvalue weighted by Crippen LogP contribution is -1.57. The van der Waals surface area contributed by atoms with Gasteiger partial charge in [0.25, 0.3) is 0 Å². The van der Waals surface area contributed by atoms with Gasteiger partial charge in [-0.1, -0.05) is 17.7 Å². The van der Waals surface area contributed by atoms with Crippen LogP contribution in [-0.4, -0.2) is 10.2 Å². The van der Waals surface area contributed by atoms with Crippen LogP contribution in [0.15, 0.2) is 10.7 Å². The Bertz CT molecular complexity index is 44.9. The van der Waals surface area contributed by atoms with E-state index in [1.165, 1.54) is 0 Å². The Labute approximate surface area is 40.3 Å². The van der Waals surface area contributed by atoms with Crippen LogP contribution in [0.3, 0.4) is 0 Å². The molecule has 0 fully saturated rings. The van der Waals surface area contributed by atoms with Gasteiger partial charge in [0.2, 0.25) is 0 Å². The van der Waals surface area contributed by atoms with Gasteiger partial charge in [-0.25, -0.2) is 0 Å². The summed E-state index contributed by atoms with van der Waals surface area (Å²) in [4.78, 5) is 0. The molecule has 0 saturated heterocycles. The molecule has 0 aliphatic heterocycles. The van der Waals surface area contributed by atoms with Gasteiger partial charge in [0.1, 0.15) is 0 Å². The third kappa shape index (κ3) is 4.25. The fraction of sp³-hybridized carbons (Fsp3) is 0.333. The molecule has 0 atom stereocenters. The van der Waals surface area contributed by atoms with Crippen LogP contribution in [0, 0.1) is 0 Å². The first kappa shape index (κ1) is 5.25. The number of allylic oxidation sites excluding steroid dienone is 1. The van der Waals surface area contributed by atoms with Gasteiger partial charge in [-0.3, -0.25) is 0 Å². The summed E-state index contributed by atoms with van der Waals surface area (Å²) in [7, 11) is 0.996. The predicted molar refractivity (Wildman–Crippen MR) is 29.5 cm³/mol. The van der Waals surface area contributed by atoms with E-state index in [2.05, 4.69) is 0 Å². The summed E-state index contributed by atoms with van der Waals surface area (Å²) < 4.78 is 0.991. The highest BCUT2D eigenvalue weighted by atomic mass is 35.5. The van der Waals surface area contributed by atoms with Crippen molar-refractivity contribution in [3.8, 4) is 0 Å². The molecule has 0 radical (unpaired) electrons. The molecule has 5 heavy (non-hydrogen) atoms. The molecule has 0 spiro atoms. The van der Waals surface area contributed by atoms with Crippen molar-refractivity contribution in [3.63, 3.8) is 0 Å². The summed E-state index contributed by atoms with van der Waals surface area (Å²) in [5.74, 6) is 0. The topological polar surface area (TPSA) is 0 Å². The summed E-state index contributed by atoms with van der Waals surface area (Å²) in [6.45, 7) is 1.94. The van der Waals surface area contributed by atoms with Gasteiger partial charge < -0.3 is 0 Å². The fourth-order valence-corrected chi connectivity index (χ4v) is 0. The molecule has 0 nitrogen and oxygen atoms in total. The van der Waals surface area contributed by atoms with E-state index >= 15 is 0 Å². The van der Waals surface area contributed by atoms with Crippen molar-refractivity contribution in [2.24, 2.45) is 0 Å². The van der Waals surface area contributed by atoms with E-state index in [0.717, 1.165) is 14.9 Å². The lowest BCUT2D eigenvalue weighted by molar-refractivity contribution is 1.76. The molecule has 0 aromatic rings. The van der Waals surface area contributed by atoms with Crippen molar-refractivity contribution in [2.75, 3.05) is 0 Å². The second-order valence-corrected chi connectivity index (χ2v) is 3.18. The van der Waals surface area contributed by atoms with Crippen LogP contribution < -0.4 is 0 Å². The van der Waals surface area contributed by atoms with Crippen LogP contribution in [0.5, 0.6) is 0 Å². The van der Waals surface area contributed by atoms with E-state index in [4.69, 9.17) is 11.6 Å². The SMILES string of the molecule is CC=C([SiH3])Cl. The normalized spacial score (nSPS) is 12.8. The van der Waals surface area contributed by atoms with Gasteiger partial charge in [-0.2, -0.15) is 0 Å². The molecule has 0 aliphatic carbocycles. The summed E-state index contributed by atoms with van der Waals surface area (Å²) >= 11 is 5.39. The first-order valence-corrected chi connectivity index (χ1v) is 2.93. The number of hydrogen-bond donors (Lipinski definition) is 0. The Balaban J connectivity index is 3.14. The van der Waals surface area contributed by atoms with Crippen molar-refractivity contribution in [1.82, 2.24) is 0 Å². The third-order valence-electron chi connectivity index (χ3n) is 0.398. The van der Waals surface area contributed by atoms with Crippen LogP contribution in [0.2, 0.25) is 0 Å². The van der Waals surface area contributed by atoms with E-state index < -0.39 is 0 Å². The Morgan fingerprint density at radius 2 is 2.20 bits per heavy atom. The number of rotatable bonds is 0. The molecule has 0 N–H and O–H groups in total. The van der Waals surface area contributed by atoms with Crippen molar-refractivity contribution >= 4 is 21.8 Å². The lowest BCUT2D eigenvalue weighted by Gasteiger charge is -1.70. The van der Waals surface area contributed by atoms with Crippen LogP contribution in [0.1, 0.15) is 6.92 Å². The second-order valence-electron chi connectivity index (χ2n) is 0.875. The van der Waals surface area contributed by atoms with E-state index in [9.17, 15) is 0 Å². The second kappa shape index (κ2) is 2.48. The maximum absolute atomic E-state index is 5.39. The molecule has 2 heteroatoms. The zero-order chi connectivity index (χ0) is 4.28. The quantitative estimate of drug-likeness (QED) is 0.394. The summed E-state index contributed by atoms with van der Waals surface area (Å²) in [5.41, 5.74) is 0. The van der Waals surface area contributed by atoms with Crippen LogP contribution >= 0.6 is 11.6 Å². The molecule has 0 bridgehead atoms. The Kier molecular flexibility index (Phi) is 2.60. The summed E-state index contributed by atoms with van der Waals surface area (Å²) in [6.07, 6.45) is 1.91. The average Bonchev–Trinajstić information content (AvgIpc) is 1.38. The highest BCUT2D eigenvalue weighted by molar-refractivity contribution is 6.52. The lowest BCUT2D eigenvalue weighted by atomic mass is 10.8. The average molecular weight is 107 g/mol. The Morgan fingerprint density at radius 3 is 2.20 bits per heavy atom. The Hall–Kier alpha value is 0.247. The van der Waals surface area contributed by atoms with Gasteiger partial charge >= 0.3 is 0 Å². The highest BCUT2D eigenvalue weighted by Gasteiger charge is 1.64. The van der Waals surface area contributed by atoms with Crippen molar-refractivity contribution < 1.29 is 0 Å². The molecular weight excluding hydrogens is 99.6 g/mol. The van der Waals surface area contributed by atoms with E-state index in [-0.39, 0.29) is 0 Å². The molecule has 0 rings (SSSR count). The van der Waals surface area contributed by atoms with Gasteiger partial charge in [-0.05, 0) is 11.6 Å². The summed E-state index contributed by atoms with van der Waals surface area (Å²) in [6, 6.07) is 0. The Morgan fingerprint density at radius 1 is 2.00 bits per heavy atom. The standard InChI is InChI=1S/C3H7ClSi/c1-2-3(4)5/h2H,1,5H3. The van der Waals surface area contributed by atoms with Gasteiger partial charge in [0.05, 0.1) is 10.2 Å². The molecular formula is C3H7ClSi. The van der Waals surface area contributed by atoms with E-state index in [1.54, 1.807) is 0 Å². The molecule has 30 valence electrons. The summed E-state index contributed by atoms with van der Waals surface area (Å²) in [5, 5.41) is 0. The first-order chi connectivity index (χ1) is 2.27. The van der Waals surface area contributed by atoms with Crippen LogP contribution in [-0.2, 0) is 0 Å². The van der Waals surface area contributed by atoms with Gasteiger partial charge in [0, 0.05) is 0 Å². The van der Waals surface area contributed by atoms with Crippen LogP contribution in [0.4, 0.5) is 0 Å². The first-order valence-electron chi connectivity index (χ1n) is 1.56. The highest BCUT2D eigenvalue weighted by Crippen LogP contribution is 1.88. The largest absolute Gasteiger partial charge is 0.0957 e. The van der Waals surface area contributed by atoms with Crippen molar-refractivity contribution in [1.29, 1.82) is 0 Å². The van der Waals surface area contributed by atoms with Gasteiger partial charge in [-0.15, -0.1) is 0 Å². The molecule has 0 aromatic heterocycles. The minimum atomic E-state index is 0.991. The monoisotopic (exact) mass is 106 g/mol. The third-order valence-corrected chi connectivity index (χ3v) is 1.19. The molecule has 0 unspecified atom stereocenters. The zero-order valence-corrected chi connectivity index (χ0v) is 6.21. The molecule has 0 aromatic carbocycles.